The maximum Gasteiger partial charge on any atom is 0.240 e. The van der Waals surface area contributed by atoms with E-state index in [4.69, 9.17) is 23.2 Å². The average Bonchev–Trinajstić information content (AvgIpc) is 2.54. The number of aromatic hydroxyl groups is 2. The fourth-order valence-electron chi connectivity index (χ4n) is 1.93. The number of hydrogen-bond acceptors (Lipinski definition) is 4. The number of amides is 1. The van der Waals surface area contributed by atoms with Gasteiger partial charge in [-0.1, -0.05) is 23.2 Å². The highest BCUT2D eigenvalue weighted by Gasteiger charge is 2.08. The number of rotatable bonds is 5. The zero-order valence-electron chi connectivity index (χ0n) is 12.6. The van der Waals surface area contributed by atoms with Crippen molar-refractivity contribution in [2.45, 2.75) is 12.8 Å². The van der Waals surface area contributed by atoms with Crippen LogP contribution in [0.5, 0.6) is 11.5 Å². The van der Waals surface area contributed by atoms with Crippen LogP contribution in [-0.4, -0.2) is 22.3 Å². The molecule has 1 amide bonds. The molecule has 0 spiro atoms. The Balaban J connectivity index is 1.93. The van der Waals surface area contributed by atoms with Gasteiger partial charge in [0.2, 0.25) is 5.91 Å². The zero-order valence-corrected chi connectivity index (χ0v) is 17.2. The van der Waals surface area contributed by atoms with E-state index in [1.165, 1.54) is 18.3 Å². The first-order valence-corrected chi connectivity index (χ1v) is 9.29. The number of nitrogens with one attached hydrogen (secondary N) is 1. The van der Waals surface area contributed by atoms with Crippen LogP contribution in [0.4, 0.5) is 0 Å². The van der Waals surface area contributed by atoms with Gasteiger partial charge in [-0.2, -0.15) is 5.10 Å². The molecule has 0 bridgehead atoms. The Kier molecular flexibility index (Phi) is 7.13. The van der Waals surface area contributed by atoms with Gasteiger partial charge in [0, 0.05) is 17.0 Å². The third-order valence-electron chi connectivity index (χ3n) is 3.17. The summed E-state index contributed by atoms with van der Waals surface area (Å²) in [5.74, 6) is -0.357. The largest absolute Gasteiger partial charge is 0.506 e. The molecule has 9 heteroatoms. The fraction of sp³-hybridized carbons (Fsp3) is 0.125. The van der Waals surface area contributed by atoms with Crippen molar-refractivity contribution < 1.29 is 15.0 Å². The van der Waals surface area contributed by atoms with E-state index in [2.05, 4.69) is 42.4 Å². The Bertz CT molecular complexity index is 821. The van der Waals surface area contributed by atoms with Crippen LogP contribution in [0, 0.1) is 0 Å². The van der Waals surface area contributed by atoms with Crippen LogP contribution in [-0.2, 0) is 11.2 Å². The molecular weight excluding hydrogens is 499 g/mol. The van der Waals surface area contributed by atoms with Crippen LogP contribution in [0.2, 0.25) is 10.0 Å². The topological polar surface area (TPSA) is 81.9 Å². The highest BCUT2D eigenvalue weighted by molar-refractivity contribution is 9.11. The summed E-state index contributed by atoms with van der Waals surface area (Å²) in [6.07, 6.45) is 1.93. The lowest BCUT2D eigenvalue weighted by atomic mass is 10.1. The first-order chi connectivity index (χ1) is 11.8. The van der Waals surface area contributed by atoms with E-state index in [-0.39, 0.29) is 28.8 Å². The predicted molar refractivity (Wildman–Crippen MR) is 106 cm³/mol. The molecule has 0 saturated heterocycles. The molecule has 0 aliphatic heterocycles. The summed E-state index contributed by atoms with van der Waals surface area (Å²) in [7, 11) is 0. The van der Waals surface area contributed by atoms with Crippen molar-refractivity contribution in [2.24, 2.45) is 5.10 Å². The number of carbonyl (C=O) groups excluding carboxylic acids is 1. The molecule has 3 N–H and O–H groups in total. The van der Waals surface area contributed by atoms with E-state index in [1.807, 2.05) is 0 Å². The molecule has 25 heavy (non-hydrogen) atoms. The highest BCUT2D eigenvalue weighted by atomic mass is 79.9. The van der Waals surface area contributed by atoms with Crippen LogP contribution in [0.1, 0.15) is 17.5 Å². The number of phenolic OH excluding ortho intramolecular Hbond substituents is 2. The predicted octanol–water partition coefficient (Wildman–Crippen LogP) is 5.01. The number of halogens is 4. The fourth-order valence-corrected chi connectivity index (χ4v) is 3.72. The van der Waals surface area contributed by atoms with Crippen molar-refractivity contribution in [1.82, 2.24) is 5.43 Å². The van der Waals surface area contributed by atoms with Gasteiger partial charge in [0.1, 0.15) is 11.5 Å². The smallest absolute Gasteiger partial charge is 0.240 e. The lowest BCUT2D eigenvalue weighted by Gasteiger charge is -2.06. The third-order valence-corrected chi connectivity index (χ3v) is 4.88. The van der Waals surface area contributed by atoms with Gasteiger partial charge in [0.15, 0.2) is 0 Å². The minimum atomic E-state index is -0.302. The van der Waals surface area contributed by atoms with E-state index < -0.39 is 0 Å². The van der Waals surface area contributed by atoms with Crippen LogP contribution in [0.3, 0.4) is 0 Å². The minimum absolute atomic E-state index is 0.101. The second kappa shape index (κ2) is 8.89. The molecule has 0 aromatic heterocycles. The number of hydrazone groups is 1. The van der Waals surface area contributed by atoms with Gasteiger partial charge in [0.25, 0.3) is 0 Å². The van der Waals surface area contributed by atoms with Gasteiger partial charge in [-0.3, -0.25) is 4.79 Å². The molecule has 5 nitrogen and oxygen atoms in total. The minimum Gasteiger partial charge on any atom is -0.506 e. The molecule has 132 valence electrons. The number of benzene rings is 2. The van der Waals surface area contributed by atoms with Gasteiger partial charge < -0.3 is 10.2 Å². The average molecular weight is 511 g/mol. The summed E-state index contributed by atoms with van der Waals surface area (Å²) in [4.78, 5) is 11.8. The second-order valence-corrected chi connectivity index (χ2v) is 7.58. The van der Waals surface area contributed by atoms with E-state index in [9.17, 15) is 15.0 Å². The first-order valence-electron chi connectivity index (χ1n) is 6.94. The maximum absolute atomic E-state index is 11.8. The van der Waals surface area contributed by atoms with Crippen molar-refractivity contribution >= 4 is 67.2 Å². The van der Waals surface area contributed by atoms with E-state index in [0.29, 0.717) is 26.0 Å². The Morgan fingerprint density at radius 2 is 1.76 bits per heavy atom. The lowest BCUT2D eigenvalue weighted by Crippen LogP contribution is -2.17. The Morgan fingerprint density at radius 3 is 2.40 bits per heavy atom. The van der Waals surface area contributed by atoms with Crippen molar-refractivity contribution in [1.29, 1.82) is 0 Å². The number of aryl methyl sites for hydroxylation is 1. The summed E-state index contributed by atoms with van der Waals surface area (Å²) in [6, 6.07) is 6.36. The van der Waals surface area contributed by atoms with Gasteiger partial charge in [0.05, 0.1) is 20.2 Å². The molecule has 0 aliphatic carbocycles. The quantitative estimate of drug-likeness (QED) is 0.390. The molecule has 2 rings (SSSR count). The molecule has 0 aliphatic rings. The van der Waals surface area contributed by atoms with Crippen LogP contribution in [0.25, 0.3) is 0 Å². The van der Waals surface area contributed by atoms with E-state index in [0.717, 1.165) is 5.56 Å². The van der Waals surface area contributed by atoms with E-state index >= 15 is 0 Å². The molecule has 0 saturated carbocycles. The van der Waals surface area contributed by atoms with Crippen LogP contribution >= 0.6 is 55.1 Å². The molecule has 0 radical (unpaired) electrons. The van der Waals surface area contributed by atoms with Crippen molar-refractivity contribution in [2.75, 3.05) is 0 Å². The lowest BCUT2D eigenvalue weighted by molar-refractivity contribution is -0.121. The summed E-state index contributed by atoms with van der Waals surface area (Å²) in [5.41, 5.74) is 3.53. The van der Waals surface area contributed by atoms with Gasteiger partial charge in [-0.15, -0.1) is 0 Å². The third kappa shape index (κ3) is 5.60. The zero-order chi connectivity index (χ0) is 18.6. The summed E-state index contributed by atoms with van der Waals surface area (Å²) in [6.45, 7) is 0. The van der Waals surface area contributed by atoms with Crippen molar-refractivity contribution in [3.63, 3.8) is 0 Å². The van der Waals surface area contributed by atoms with Crippen LogP contribution < -0.4 is 5.43 Å². The van der Waals surface area contributed by atoms with Crippen molar-refractivity contribution in [3.05, 3.63) is 54.4 Å². The molecule has 0 fully saturated rings. The molecular formula is C16H12Br2Cl2N2O3. The van der Waals surface area contributed by atoms with E-state index in [1.54, 1.807) is 12.1 Å². The summed E-state index contributed by atoms with van der Waals surface area (Å²) in [5, 5.41) is 23.7. The SMILES string of the molecule is O=C(CCc1cc(Br)c(O)c(Br)c1)N/N=C/c1cc(Cl)cc(Cl)c1O. The molecule has 0 atom stereocenters. The first kappa shape index (κ1) is 20.0. The number of carbonyl (C=O) groups is 1. The monoisotopic (exact) mass is 508 g/mol. The molecule has 0 heterocycles. The van der Waals surface area contributed by atoms with Crippen molar-refractivity contribution in [3.8, 4) is 11.5 Å². The molecule has 0 unspecified atom stereocenters. The Hall–Kier alpha value is -1.28. The Morgan fingerprint density at radius 1 is 1.12 bits per heavy atom. The molecule has 2 aromatic rings. The normalized spacial score (nSPS) is 11.0. The standard InChI is InChI=1S/C16H12Br2Cl2N2O3/c17-11-3-8(4-12(18)16(11)25)1-2-14(23)22-21-7-9-5-10(19)6-13(20)15(9)24/h3-7,24-25H,1-2H2,(H,22,23)/b21-7+. The summed E-state index contributed by atoms with van der Waals surface area (Å²) >= 11 is 18.1. The number of phenols is 2. The Labute approximate surface area is 170 Å². The second-order valence-electron chi connectivity index (χ2n) is 5.03. The molecule has 2 aromatic carbocycles. The highest BCUT2D eigenvalue weighted by Crippen LogP contribution is 2.33. The van der Waals surface area contributed by atoms with Gasteiger partial charge in [-0.05, 0) is 68.1 Å². The summed E-state index contributed by atoms with van der Waals surface area (Å²) < 4.78 is 1.09. The number of hydrogen-bond donors (Lipinski definition) is 3. The van der Waals surface area contributed by atoms with Crippen LogP contribution in [0.15, 0.2) is 38.3 Å². The maximum atomic E-state index is 11.8. The van der Waals surface area contributed by atoms with Gasteiger partial charge in [-0.25, -0.2) is 5.43 Å². The number of nitrogens with zero attached hydrogens (tertiary/aromatic N) is 1. The van der Waals surface area contributed by atoms with Gasteiger partial charge >= 0.3 is 0 Å².